The summed E-state index contributed by atoms with van der Waals surface area (Å²) >= 11 is 6.51. The van der Waals surface area contributed by atoms with Crippen LogP contribution >= 0.6 is 11.6 Å². The van der Waals surface area contributed by atoms with Crippen LogP contribution in [0.5, 0.6) is 0 Å². The Hall–Kier alpha value is -1.86. The Morgan fingerprint density at radius 1 is 1.03 bits per heavy atom. The topological polar surface area (TPSA) is 52.7 Å². The monoisotopic (exact) mass is 443 g/mol. The fourth-order valence-electron chi connectivity index (χ4n) is 4.95. The van der Waals surface area contributed by atoms with E-state index in [0.29, 0.717) is 23.9 Å². The van der Waals surface area contributed by atoms with E-state index < -0.39 is 10.0 Å². The number of sulfonamides is 1. The zero-order chi connectivity index (χ0) is 20.9. The second-order valence-electron chi connectivity index (χ2n) is 8.45. The number of nitrogens with zero attached hydrogens (tertiary/aromatic N) is 2. The molecule has 2 aromatic carbocycles. The van der Waals surface area contributed by atoms with Crippen molar-refractivity contribution >= 4 is 27.3 Å². The lowest BCUT2D eigenvalue weighted by Crippen LogP contribution is -2.47. The van der Waals surface area contributed by atoms with Crippen molar-refractivity contribution in [1.82, 2.24) is 9.21 Å². The molecule has 3 atom stereocenters. The van der Waals surface area contributed by atoms with E-state index in [0.717, 1.165) is 41.3 Å². The van der Waals surface area contributed by atoms with Crippen LogP contribution in [-0.2, 0) is 10.0 Å². The van der Waals surface area contributed by atoms with Crippen molar-refractivity contribution in [2.45, 2.75) is 23.3 Å². The largest absolute Gasteiger partial charge is 0.378 e. The first-order valence-corrected chi connectivity index (χ1v) is 12.3. The Bertz CT molecular complexity index is 1090. The van der Waals surface area contributed by atoms with E-state index in [1.165, 1.54) is 0 Å². The molecule has 2 aliphatic heterocycles. The van der Waals surface area contributed by atoms with Crippen molar-refractivity contribution in [2.75, 3.05) is 38.5 Å². The quantitative estimate of drug-likeness (QED) is 0.725. The molecule has 1 saturated heterocycles. The van der Waals surface area contributed by atoms with Crippen molar-refractivity contribution in [3.05, 3.63) is 70.8 Å². The molecule has 0 bridgehead atoms. The molecule has 1 N–H and O–H groups in total. The lowest BCUT2D eigenvalue weighted by atomic mass is 9.77. The van der Waals surface area contributed by atoms with E-state index in [2.05, 4.69) is 28.4 Å². The molecule has 1 fully saturated rings. The molecule has 30 heavy (non-hydrogen) atoms. The van der Waals surface area contributed by atoms with Crippen LogP contribution in [0.3, 0.4) is 0 Å². The molecule has 0 radical (unpaired) electrons. The van der Waals surface area contributed by atoms with Crippen LogP contribution in [0, 0.1) is 5.92 Å². The highest BCUT2D eigenvalue weighted by molar-refractivity contribution is 7.89. The third-order valence-corrected chi connectivity index (χ3v) is 8.91. The smallest absolute Gasteiger partial charge is 0.243 e. The maximum absolute atomic E-state index is 13.3. The lowest BCUT2D eigenvalue weighted by molar-refractivity contribution is 0.222. The molecule has 3 aliphatic rings. The molecule has 0 amide bonds. The first-order chi connectivity index (χ1) is 14.4. The highest BCUT2D eigenvalue weighted by Gasteiger charge is 2.39. The number of nitrogens with one attached hydrogen (secondary N) is 1. The third-order valence-electron chi connectivity index (χ3n) is 6.67. The average Bonchev–Trinajstić information content (AvgIpc) is 3.24. The van der Waals surface area contributed by atoms with Crippen LogP contribution in [0.1, 0.15) is 29.5 Å². The number of piperazine rings is 1. The van der Waals surface area contributed by atoms with E-state index >= 15 is 0 Å². The molecular formula is C23H26ClN3O2S. The van der Waals surface area contributed by atoms with Gasteiger partial charge in [0.25, 0.3) is 0 Å². The number of halogens is 1. The molecule has 7 heteroatoms. The van der Waals surface area contributed by atoms with E-state index in [1.54, 1.807) is 10.4 Å². The predicted molar refractivity (Wildman–Crippen MR) is 121 cm³/mol. The zero-order valence-corrected chi connectivity index (χ0v) is 18.5. The summed E-state index contributed by atoms with van der Waals surface area (Å²) in [6.45, 7) is 2.60. The Balaban J connectivity index is 1.50. The molecule has 2 aromatic rings. The summed E-state index contributed by atoms with van der Waals surface area (Å²) in [5, 5.41) is 4.41. The normalized spacial score (nSPS) is 26.8. The van der Waals surface area contributed by atoms with E-state index in [4.69, 9.17) is 11.6 Å². The summed E-state index contributed by atoms with van der Waals surface area (Å²) < 4.78 is 28.1. The molecule has 0 saturated carbocycles. The van der Waals surface area contributed by atoms with Gasteiger partial charge < -0.3 is 10.2 Å². The van der Waals surface area contributed by atoms with E-state index in [1.807, 2.05) is 37.4 Å². The highest BCUT2D eigenvalue weighted by atomic mass is 35.5. The lowest BCUT2D eigenvalue weighted by Gasteiger charge is -2.38. The van der Waals surface area contributed by atoms with Crippen molar-refractivity contribution in [3.8, 4) is 0 Å². The molecule has 5 nitrogen and oxygen atoms in total. The number of rotatable bonds is 3. The average molecular weight is 444 g/mol. The summed E-state index contributed by atoms with van der Waals surface area (Å²) in [5.41, 5.74) is 3.15. The summed E-state index contributed by atoms with van der Waals surface area (Å²) in [6.07, 6.45) is 5.38. The SMILES string of the molecule is CN1CCN(S(=O)(=O)c2ccc3c(c2)C2C=CCC2C(c2ccccc2Cl)N3)CC1. The minimum Gasteiger partial charge on any atom is -0.378 e. The number of likely N-dealkylation sites (N-methyl/N-ethyl adjacent to an activating group) is 1. The van der Waals surface area contributed by atoms with Crippen molar-refractivity contribution < 1.29 is 8.42 Å². The summed E-state index contributed by atoms with van der Waals surface area (Å²) in [7, 11) is -1.46. The van der Waals surface area contributed by atoms with Gasteiger partial charge in [0.05, 0.1) is 10.9 Å². The maximum atomic E-state index is 13.3. The van der Waals surface area contributed by atoms with Gasteiger partial charge in [-0.05, 0) is 54.8 Å². The van der Waals surface area contributed by atoms with Gasteiger partial charge in [0, 0.05) is 42.8 Å². The molecule has 3 unspecified atom stereocenters. The van der Waals surface area contributed by atoms with Gasteiger partial charge in [0.1, 0.15) is 0 Å². The minimum atomic E-state index is -3.49. The molecular weight excluding hydrogens is 418 g/mol. The van der Waals surface area contributed by atoms with E-state index in [-0.39, 0.29) is 12.0 Å². The Morgan fingerprint density at radius 3 is 2.57 bits per heavy atom. The molecule has 158 valence electrons. The first-order valence-electron chi connectivity index (χ1n) is 10.5. The van der Waals surface area contributed by atoms with Crippen LogP contribution in [0.2, 0.25) is 5.02 Å². The van der Waals surface area contributed by atoms with Crippen LogP contribution < -0.4 is 5.32 Å². The van der Waals surface area contributed by atoms with Crippen LogP contribution in [0.25, 0.3) is 0 Å². The van der Waals surface area contributed by atoms with Crippen LogP contribution in [0.4, 0.5) is 5.69 Å². The highest BCUT2D eigenvalue weighted by Crippen LogP contribution is 2.51. The second kappa shape index (κ2) is 7.68. The van der Waals surface area contributed by atoms with Gasteiger partial charge >= 0.3 is 0 Å². The minimum absolute atomic E-state index is 0.103. The Labute approximate surface area is 183 Å². The zero-order valence-electron chi connectivity index (χ0n) is 17.0. The van der Waals surface area contributed by atoms with Crippen LogP contribution in [-0.4, -0.2) is 50.8 Å². The van der Waals surface area contributed by atoms with Gasteiger partial charge in [-0.15, -0.1) is 0 Å². The van der Waals surface area contributed by atoms with Gasteiger partial charge in [-0.3, -0.25) is 0 Å². The number of benzene rings is 2. The number of fused-ring (bicyclic) bond motifs is 3. The molecule has 2 heterocycles. The maximum Gasteiger partial charge on any atom is 0.243 e. The number of hydrogen-bond donors (Lipinski definition) is 1. The van der Waals surface area contributed by atoms with Gasteiger partial charge in [-0.25, -0.2) is 8.42 Å². The number of hydrogen-bond acceptors (Lipinski definition) is 4. The van der Waals surface area contributed by atoms with Crippen molar-refractivity contribution in [3.63, 3.8) is 0 Å². The third kappa shape index (κ3) is 3.36. The summed E-state index contributed by atoms with van der Waals surface area (Å²) in [4.78, 5) is 2.55. The fourth-order valence-corrected chi connectivity index (χ4v) is 6.66. The summed E-state index contributed by atoms with van der Waals surface area (Å²) in [5.74, 6) is 0.504. The standard InChI is InChI=1S/C23H26ClN3O2S/c1-26-11-13-27(14-12-26)30(28,29)16-9-10-22-20(15-16)17-6-4-7-18(17)23(25-22)19-5-2-3-8-21(19)24/h2-6,8-10,15,17-18,23,25H,7,11-14H2,1H3. The van der Waals surface area contributed by atoms with Crippen molar-refractivity contribution in [1.29, 1.82) is 0 Å². The molecule has 0 spiro atoms. The van der Waals surface area contributed by atoms with Gasteiger partial charge in [0.15, 0.2) is 0 Å². The Morgan fingerprint density at radius 2 is 1.80 bits per heavy atom. The predicted octanol–water partition coefficient (Wildman–Crippen LogP) is 4.10. The summed E-state index contributed by atoms with van der Waals surface area (Å²) in [6, 6.07) is 13.6. The Kier molecular flexibility index (Phi) is 5.14. The van der Waals surface area contributed by atoms with Crippen LogP contribution in [0.15, 0.2) is 59.5 Å². The van der Waals surface area contributed by atoms with Crippen molar-refractivity contribution in [2.24, 2.45) is 5.92 Å². The number of allylic oxidation sites excluding steroid dienone is 2. The van der Waals surface area contributed by atoms with Gasteiger partial charge in [0.2, 0.25) is 10.0 Å². The molecule has 1 aliphatic carbocycles. The molecule has 5 rings (SSSR count). The van der Waals surface area contributed by atoms with E-state index in [9.17, 15) is 8.42 Å². The first kappa shape index (κ1) is 20.1. The van der Waals surface area contributed by atoms with Gasteiger partial charge in [-0.2, -0.15) is 4.31 Å². The fraction of sp³-hybridized carbons (Fsp3) is 0.391. The second-order valence-corrected chi connectivity index (χ2v) is 10.8. The molecule has 0 aromatic heterocycles. The van der Waals surface area contributed by atoms with Gasteiger partial charge in [-0.1, -0.05) is 42.0 Å². The number of anilines is 1.